The Kier molecular flexibility index (Phi) is 10.7. The molecule has 3 aromatic rings. The molecule has 1 saturated carbocycles. The molecule has 2 amide bonds. The van der Waals surface area contributed by atoms with Gasteiger partial charge in [0, 0.05) is 23.6 Å². The number of guanidine groups is 1. The van der Waals surface area contributed by atoms with Crippen LogP contribution in [0.4, 0.5) is 35.5 Å². The third-order valence-electron chi connectivity index (χ3n) is 10.4. The van der Waals surface area contributed by atoms with E-state index in [0.29, 0.717) is 15.8 Å². The largest absolute Gasteiger partial charge is 0.447 e. The molecule has 21 heteroatoms. The SMILES string of the molecule is C[C@H](CC#N)C[C@]1(C2(C)C=CC(c3cnn(C(F)F)c3)=CC2)NC(=N)N([C@H](COC(=O)NC2(C(F)(F)F)CC2)c2ccc(Cl)c(-n3ncnc3C(F)F)c2)C1=O. The molecule has 1 saturated heterocycles. The first-order valence-electron chi connectivity index (χ1n) is 17.1. The molecule has 6 rings (SSSR count). The molecule has 0 spiro atoms. The van der Waals surface area contributed by atoms with Gasteiger partial charge in [-0.1, -0.05) is 49.7 Å². The second-order valence-corrected chi connectivity index (χ2v) is 14.6. The maximum atomic E-state index is 15.1. The topological polar surface area (TPSA) is 167 Å². The van der Waals surface area contributed by atoms with Crippen LogP contribution in [0, 0.1) is 28.1 Å². The number of hydrogen-bond acceptors (Lipinski definition) is 8. The molecule has 1 aromatic carbocycles. The van der Waals surface area contributed by atoms with Crippen molar-refractivity contribution in [2.24, 2.45) is 11.3 Å². The Bertz CT molecular complexity index is 2130. The smallest absolute Gasteiger partial charge is 0.411 e. The van der Waals surface area contributed by atoms with Crippen molar-refractivity contribution in [3.8, 4) is 11.8 Å². The quantitative estimate of drug-likeness (QED) is 0.150. The highest BCUT2D eigenvalue weighted by Crippen LogP contribution is 2.50. The number of carbonyl (C=O) groups is 2. The molecule has 0 bridgehead atoms. The van der Waals surface area contributed by atoms with E-state index >= 15 is 4.79 Å². The van der Waals surface area contributed by atoms with E-state index in [1.165, 1.54) is 24.4 Å². The molecule has 298 valence electrons. The Morgan fingerprint density at radius 3 is 2.54 bits per heavy atom. The lowest BCUT2D eigenvalue weighted by molar-refractivity contribution is -0.164. The van der Waals surface area contributed by atoms with Gasteiger partial charge in [-0.25, -0.2) is 27.9 Å². The average molecular weight is 811 g/mol. The summed E-state index contributed by atoms with van der Waals surface area (Å²) in [5.41, 5.74) is -4.48. The summed E-state index contributed by atoms with van der Waals surface area (Å²) in [6, 6.07) is 4.52. The van der Waals surface area contributed by atoms with Gasteiger partial charge in [0.2, 0.25) is 0 Å². The van der Waals surface area contributed by atoms with E-state index in [-0.39, 0.29) is 48.4 Å². The van der Waals surface area contributed by atoms with Gasteiger partial charge >= 0.3 is 18.8 Å². The molecule has 1 unspecified atom stereocenters. The fourth-order valence-electron chi connectivity index (χ4n) is 7.08. The summed E-state index contributed by atoms with van der Waals surface area (Å²) in [7, 11) is 0. The van der Waals surface area contributed by atoms with E-state index in [9.17, 15) is 40.8 Å². The van der Waals surface area contributed by atoms with Crippen molar-refractivity contribution < 1.29 is 45.1 Å². The summed E-state index contributed by atoms with van der Waals surface area (Å²) in [6.45, 7) is -0.232. The number of nitriles is 1. The molecule has 2 aliphatic carbocycles. The number of halogens is 8. The number of alkyl carbamates (subject to hydrolysis) is 1. The van der Waals surface area contributed by atoms with Gasteiger partial charge in [0.05, 0.1) is 29.0 Å². The summed E-state index contributed by atoms with van der Waals surface area (Å²) in [4.78, 5) is 32.5. The van der Waals surface area contributed by atoms with Crippen molar-refractivity contribution >= 4 is 35.1 Å². The zero-order valence-corrected chi connectivity index (χ0v) is 30.4. The fraction of sp³-hybridized carbons (Fsp3) is 0.457. The molecule has 13 nitrogen and oxygen atoms in total. The predicted octanol–water partition coefficient (Wildman–Crippen LogP) is 7.41. The monoisotopic (exact) mass is 810 g/mol. The maximum Gasteiger partial charge on any atom is 0.411 e. The van der Waals surface area contributed by atoms with Gasteiger partial charge in [-0.15, -0.1) is 0 Å². The van der Waals surface area contributed by atoms with E-state index in [0.717, 1.165) is 22.1 Å². The Morgan fingerprint density at radius 2 is 1.95 bits per heavy atom. The number of benzene rings is 1. The zero-order valence-electron chi connectivity index (χ0n) is 29.6. The molecular weight excluding hydrogens is 777 g/mol. The molecule has 2 fully saturated rings. The number of aromatic nitrogens is 5. The van der Waals surface area contributed by atoms with E-state index in [1.54, 1.807) is 32.1 Å². The summed E-state index contributed by atoms with van der Waals surface area (Å²) >= 11 is 6.41. The molecule has 3 aliphatic rings. The third-order valence-corrected chi connectivity index (χ3v) is 10.7. The van der Waals surface area contributed by atoms with Gasteiger partial charge in [-0.2, -0.15) is 37.4 Å². The summed E-state index contributed by atoms with van der Waals surface area (Å²) in [5, 5.41) is 31.0. The number of nitrogens with one attached hydrogen (secondary N) is 3. The van der Waals surface area contributed by atoms with Crippen LogP contribution in [0.15, 0.2) is 55.1 Å². The summed E-state index contributed by atoms with van der Waals surface area (Å²) in [6.07, 6.45) is -1.63. The van der Waals surface area contributed by atoms with Gasteiger partial charge in [0.15, 0.2) is 11.8 Å². The first-order valence-corrected chi connectivity index (χ1v) is 17.5. The molecular formula is C35H34ClF7N10O3. The molecule has 3 N–H and O–H groups in total. The van der Waals surface area contributed by atoms with Crippen molar-refractivity contribution in [2.45, 2.75) is 82.2 Å². The van der Waals surface area contributed by atoms with E-state index in [1.807, 2.05) is 5.32 Å². The van der Waals surface area contributed by atoms with Gasteiger partial charge < -0.3 is 15.4 Å². The average Bonchev–Trinajstić information content (AvgIpc) is 3.44. The number of allylic oxidation sites excluding steroid dienone is 3. The number of nitrogens with zero attached hydrogens (tertiary/aromatic N) is 7. The van der Waals surface area contributed by atoms with E-state index in [4.69, 9.17) is 21.7 Å². The predicted molar refractivity (Wildman–Crippen MR) is 184 cm³/mol. The normalized spacial score (nSPS) is 22.8. The van der Waals surface area contributed by atoms with Crippen molar-refractivity contribution in [3.05, 3.63) is 77.1 Å². The van der Waals surface area contributed by atoms with Crippen LogP contribution in [-0.4, -0.2) is 71.3 Å². The fourth-order valence-corrected chi connectivity index (χ4v) is 7.28. The van der Waals surface area contributed by atoms with Gasteiger partial charge in [-0.3, -0.25) is 15.1 Å². The van der Waals surface area contributed by atoms with E-state index in [2.05, 4.69) is 26.6 Å². The molecule has 0 radical (unpaired) electrons. The number of ether oxygens (including phenoxy) is 1. The highest BCUT2D eigenvalue weighted by atomic mass is 35.5. The molecule has 2 aromatic heterocycles. The summed E-state index contributed by atoms with van der Waals surface area (Å²) in [5.74, 6) is -2.46. The van der Waals surface area contributed by atoms with Crippen LogP contribution in [0.1, 0.15) is 81.9 Å². The van der Waals surface area contributed by atoms with Crippen LogP contribution in [0.3, 0.4) is 0 Å². The first-order chi connectivity index (χ1) is 26.3. The lowest BCUT2D eigenvalue weighted by Crippen LogP contribution is -2.59. The lowest BCUT2D eigenvalue weighted by atomic mass is 9.62. The number of carbonyl (C=O) groups excluding carboxylic acids is 2. The number of hydrogen-bond donors (Lipinski definition) is 3. The Labute approximate surface area is 319 Å². The molecule has 3 heterocycles. The Hall–Kier alpha value is -5.45. The minimum Gasteiger partial charge on any atom is -0.447 e. The van der Waals surface area contributed by atoms with Crippen molar-refractivity contribution in [2.75, 3.05) is 6.61 Å². The van der Waals surface area contributed by atoms with Crippen molar-refractivity contribution in [3.63, 3.8) is 0 Å². The highest BCUT2D eigenvalue weighted by molar-refractivity contribution is 6.32. The van der Waals surface area contributed by atoms with Crippen LogP contribution in [0.2, 0.25) is 5.02 Å². The van der Waals surface area contributed by atoms with Crippen LogP contribution < -0.4 is 10.6 Å². The number of rotatable bonds is 13. The van der Waals surface area contributed by atoms with Gasteiger partial charge in [0.25, 0.3) is 12.3 Å². The minimum absolute atomic E-state index is 0.0102. The summed E-state index contributed by atoms with van der Waals surface area (Å²) < 4.78 is 102. The Balaban J connectivity index is 1.39. The second-order valence-electron chi connectivity index (χ2n) is 14.2. The number of alkyl halides is 7. The van der Waals surface area contributed by atoms with Crippen molar-refractivity contribution in [1.82, 2.24) is 40.1 Å². The number of amides is 2. The van der Waals surface area contributed by atoms with Crippen LogP contribution in [0.25, 0.3) is 11.3 Å². The van der Waals surface area contributed by atoms with Gasteiger partial charge in [-0.05, 0) is 54.9 Å². The van der Waals surface area contributed by atoms with E-state index < -0.39 is 78.0 Å². The maximum absolute atomic E-state index is 15.1. The third kappa shape index (κ3) is 7.31. The van der Waals surface area contributed by atoms with Crippen LogP contribution >= 0.6 is 11.6 Å². The standard InChI is InChI=1S/C35H34ClF7N10O3/c1-19(7-12-44)14-34(32(2)8-5-20(6-9-32)22-15-47-51(16-22)29(39)40)28(54)52(30(45)49-34)25(17-56-31(55)50-33(10-11-33)35(41,42)43)21-3-4-23(36)24(13-21)53-27(26(37)38)46-18-48-53/h3-6,8,13,15-16,18-19,25-26,29H,7,9-11,14,17H2,1-2H3,(H2,45,49)(H,50,55)/t19-,25-,32?,34+/m1/s1. The lowest BCUT2D eigenvalue weighted by Gasteiger charge is -2.45. The molecule has 4 atom stereocenters. The zero-order chi connectivity index (χ0) is 40.8. The highest BCUT2D eigenvalue weighted by Gasteiger charge is 2.65. The first kappa shape index (κ1) is 40.2. The minimum atomic E-state index is -4.77. The van der Waals surface area contributed by atoms with Crippen LogP contribution in [-0.2, 0) is 9.53 Å². The Morgan fingerprint density at radius 1 is 1.21 bits per heavy atom. The van der Waals surface area contributed by atoms with Gasteiger partial charge in [0.1, 0.15) is 24.0 Å². The molecule has 1 aliphatic heterocycles. The second kappa shape index (κ2) is 14.9. The molecule has 56 heavy (non-hydrogen) atoms. The van der Waals surface area contributed by atoms with Crippen LogP contribution in [0.5, 0.6) is 0 Å². The van der Waals surface area contributed by atoms with Crippen molar-refractivity contribution in [1.29, 1.82) is 10.7 Å².